The van der Waals surface area contributed by atoms with E-state index in [-0.39, 0.29) is 11.8 Å². The molecular formula is C17H19N5O2. The fraction of sp³-hybridized carbons (Fsp3) is 0.294. The Hall–Kier alpha value is -2.96. The maximum Gasteiger partial charge on any atom is 0.269 e. The van der Waals surface area contributed by atoms with E-state index in [9.17, 15) is 4.79 Å². The maximum atomic E-state index is 12.2. The second-order valence-electron chi connectivity index (χ2n) is 5.73. The summed E-state index contributed by atoms with van der Waals surface area (Å²) in [5.74, 6) is 0.780. The molecule has 0 saturated heterocycles. The molecule has 0 radical (unpaired) electrons. The van der Waals surface area contributed by atoms with Crippen molar-refractivity contribution in [2.24, 2.45) is 7.05 Å². The van der Waals surface area contributed by atoms with Gasteiger partial charge in [-0.2, -0.15) is 10.1 Å². The van der Waals surface area contributed by atoms with E-state index in [0.29, 0.717) is 24.0 Å². The van der Waals surface area contributed by atoms with Gasteiger partial charge in [0.05, 0.1) is 11.6 Å². The van der Waals surface area contributed by atoms with E-state index in [4.69, 9.17) is 4.52 Å². The molecule has 1 aromatic carbocycles. The molecule has 1 atom stereocenters. The van der Waals surface area contributed by atoms with Crippen LogP contribution in [0.3, 0.4) is 0 Å². The molecule has 2 heterocycles. The zero-order valence-corrected chi connectivity index (χ0v) is 13.9. The number of carbonyl (C=O) groups excluding carboxylic acids is 1. The fourth-order valence-corrected chi connectivity index (χ4v) is 2.39. The van der Waals surface area contributed by atoms with Gasteiger partial charge in [0, 0.05) is 19.2 Å². The van der Waals surface area contributed by atoms with Crippen molar-refractivity contribution in [3.63, 3.8) is 0 Å². The molecule has 0 bridgehead atoms. The molecule has 1 amide bonds. The van der Waals surface area contributed by atoms with Gasteiger partial charge < -0.3 is 9.84 Å². The normalized spacial score (nSPS) is 12.1. The third-order valence-corrected chi connectivity index (χ3v) is 3.70. The summed E-state index contributed by atoms with van der Waals surface area (Å²) in [7, 11) is 1.75. The van der Waals surface area contributed by atoms with Crippen LogP contribution in [0.15, 0.2) is 40.9 Å². The fourth-order valence-electron chi connectivity index (χ4n) is 2.39. The van der Waals surface area contributed by atoms with E-state index >= 15 is 0 Å². The SMILES string of the molecule is Cc1cc(C(=O)NCC(C)c2nc(-c3ccccc3)no2)n(C)n1. The minimum Gasteiger partial charge on any atom is -0.350 e. The number of hydrogen-bond donors (Lipinski definition) is 1. The van der Waals surface area contributed by atoms with Crippen molar-refractivity contribution in [2.45, 2.75) is 19.8 Å². The van der Waals surface area contributed by atoms with Crippen molar-refractivity contribution in [1.29, 1.82) is 0 Å². The number of nitrogens with zero attached hydrogens (tertiary/aromatic N) is 4. The molecule has 1 N–H and O–H groups in total. The van der Waals surface area contributed by atoms with Crippen LogP contribution >= 0.6 is 0 Å². The summed E-state index contributed by atoms with van der Waals surface area (Å²) in [5, 5.41) is 11.0. The standard InChI is InChI=1S/C17H19N5O2/c1-11(10-18-16(23)14-9-12(2)20-22(14)3)17-19-15(21-24-17)13-7-5-4-6-8-13/h4-9,11H,10H2,1-3H3,(H,18,23). The largest absolute Gasteiger partial charge is 0.350 e. The van der Waals surface area contributed by atoms with Gasteiger partial charge in [-0.1, -0.05) is 42.4 Å². The van der Waals surface area contributed by atoms with Gasteiger partial charge in [0.1, 0.15) is 5.69 Å². The minimum absolute atomic E-state index is 0.0896. The summed E-state index contributed by atoms with van der Waals surface area (Å²) in [6.45, 7) is 4.18. The highest BCUT2D eigenvalue weighted by Crippen LogP contribution is 2.19. The van der Waals surface area contributed by atoms with Gasteiger partial charge in [-0.25, -0.2) is 0 Å². The third kappa shape index (κ3) is 3.34. The van der Waals surface area contributed by atoms with E-state index < -0.39 is 0 Å². The Morgan fingerprint density at radius 3 is 2.75 bits per heavy atom. The first-order chi connectivity index (χ1) is 11.5. The monoisotopic (exact) mass is 325 g/mol. The average molecular weight is 325 g/mol. The van der Waals surface area contributed by atoms with Gasteiger partial charge in [0.25, 0.3) is 5.91 Å². The molecular weight excluding hydrogens is 306 g/mol. The summed E-state index contributed by atoms with van der Waals surface area (Å²) in [4.78, 5) is 16.6. The van der Waals surface area contributed by atoms with Crippen LogP contribution in [0.4, 0.5) is 0 Å². The second kappa shape index (κ2) is 6.66. The highest BCUT2D eigenvalue weighted by Gasteiger charge is 2.18. The molecule has 124 valence electrons. The summed E-state index contributed by atoms with van der Waals surface area (Å²) >= 11 is 0. The highest BCUT2D eigenvalue weighted by molar-refractivity contribution is 5.92. The summed E-state index contributed by atoms with van der Waals surface area (Å²) in [6, 6.07) is 11.4. The predicted molar refractivity (Wildman–Crippen MR) is 88.4 cm³/mol. The van der Waals surface area contributed by atoms with Crippen LogP contribution in [0.25, 0.3) is 11.4 Å². The van der Waals surface area contributed by atoms with Crippen LogP contribution < -0.4 is 5.32 Å². The lowest BCUT2D eigenvalue weighted by atomic mass is 10.1. The van der Waals surface area contributed by atoms with E-state index in [2.05, 4.69) is 20.6 Å². The molecule has 1 unspecified atom stereocenters. The van der Waals surface area contributed by atoms with E-state index in [1.807, 2.05) is 44.2 Å². The number of nitrogens with one attached hydrogen (secondary N) is 1. The topological polar surface area (TPSA) is 85.8 Å². The van der Waals surface area contributed by atoms with Gasteiger partial charge in [-0.3, -0.25) is 9.48 Å². The van der Waals surface area contributed by atoms with Crippen molar-refractivity contribution < 1.29 is 9.32 Å². The summed E-state index contributed by atoms with van der Waals surface area (Å²) in [6.07, 6.45) is 0. The van der Waals surface area contributed by atoms with Crippen molar-refractivity contribution in [3.05, 3.63) is 53.7 Å². The van der Waals surface area contributed by atoms with E-state index in [1.165, 1.54) is 0 Å². The maximum absolute atomic E-state index is 12.2. The van der Waals surface area contributed by atoms with Gasteiger partial charge in [-0.15, -0.1) is 0 Å². The number of benzene rings is 1. The van der Waals surface area contributed by atoms with Crippen molar-refractivity contribution in [1.82, 2.24) is 25.2 Å². The number of amides is 1. The van der Waals surface area contributed by atoms with Gasteiger partial charge in [0.2, 0.25) is 11.7 Å². The lowest BCUT2D eigenvalue weighted by Gasteiger charge is -2.08. The molecule has 3 aromatic rings. The molecule has 0 spiro atoms. The van der Waals surface area contributed by atoms with Crippen molar-refractivity contribution in [2.75, 3.05) is 6.54 Å². The highest BCUT2D eigenvalue weighted by atomic mass is 16.5. The smallest absolute Gasteiger partial charge is 0.269 e. The number of aromatic nitrogens is 4. The first-order valence-corrected chi connectivity index (χ1v) is 7.72. The van der Waals surface area contributed by atoms with Gasteiger partial charge in [0.15, 0.2) is 0 Å². The lowest BCUT2D eigenvalue weighted by molar-refractivity contribution is 0.0941. The molecule has 2 aromatic heterocycles. The van der Waals surface area contributed by atoms with E-state index in [1.54, 1.807) is 17.8 Å². The first kappa shape index (κ1) is 15.9. The molecule has 3 rings (SSSR count). The molecule has 7 nitrogen and oxygen atoms in total. The third-order valence-electron chi connectivity index (χ3n) is 3.70. The zero-order valence-electron chi connectivity index (χ0n) is 13.9. The number of carbonyl (C=O) groups is 1. The Morgan fingerprint density at radius 1 is 1.33 bits per heavy atom. The van der Waals surface area contributed by atoms with Gasteiger partial charge >= 0.3 is 0 Å². The number of hydrogen-bond acceptors (Lipinski definition) is 5. The molecule has 0 saturated carbocycles. The molecule has 24 heavy (non-hydrogen) atoms. The van der Waals surface area contributed by atoms with Crippen molar-refractivity contribution in [3.8, 4) is 11.4 Å². The second-order valence-corrected chi connectivity index (χ2v) is 5.73. The molecule has 0 aliphatic carbocycles. The average Bonchev–Trinajstić information content (AvgIpc) is 3.20. The molecule has 0 fully saturated rings. The zero-order chi connectivity index (χ0) is 17.1. The lowest BCUT2D eigenvalue weighted by Crippen LogP contribution is -2.29. The number of aryl methyl sites for hydroxylation is 2. The Balaban J connectivity index is 1.63. The van der Waals surface area contributed by atoms with Crippen LogP contribution in [-0.2, 0) is 7.05 Å². The van der Waals surface area contributed by atoms with Crippen LogP contribution in [-0.4, -0.2) is 32.4 Å². The predicted octanol–water partition coefficient (Wildman–Crippen LogP) is 2.31. The summed E-state index contributed by atoms with van der Waals surface area (Å²) in [5.41, 5.74) is 2.23. The molecule has 0 aliphatic rings. The van der Waals surface area contributed by atoms with Crippen LogP contribution in [0.1, 0.15) is 34.9 Å². The van der Waals surface area contributed by atoms with E-state index in [0.717, 1.165) is 11.3 Å². The minimum atomic E-state index is -0.173. The summed E-state index contributed by atoms with van der Waals surface area (Å²) < 4.78 is 6.88. The van der Waals surface area contributed by atoms with Crippen LogP contribution in [0.5, 0.6) is 0 Å². The van der Waals surface area contributed by atoms with Crippen LogP contribution in [0.2, 0.25) is 0 Å². The Bertz CT molecular complexity index is 838. The quantitative estimate of drug-likeness (QED) is 0.778. The Morgan fingerprint density at radius 2 is 2.08 bits per heavy atom. The Kier molecular flexibility index (Phi) is 4.41. The molecule has 7 heteroatoms. The van der Waals surface area contributed by atoms with Crippen molar-refractivity contribution >= 4 is 5.91 Å². The number of rotatable bonds is 5. The molecule has 0 aliphatic heterocycles. The first-order valence-electron chi connectivity index (χ1n) is 7.72. The van der Waals surface area contributed by atoms with Crippen LogP contribution in [0, 0.1) is 6.92 Å². The van der Waals surface area contributed by atoms with Gasteiger partial charge in [-0.05, 0) is 13.0 Å². The Labute approximate surface area is 139 Å².